The van der Waals surface area contributed by atoms with Crippen molar-refractivity contribution in [1.82, 2.24) is 9.78 Å². The summed E-state index contributed by atoms with van der Waals surface area (Å²) in [4.78, 5) is 16.0. The van der Waals surface area contributed by atoms with Crippen LogP contribution >= 0.6 is 0 Å². The highest BCUT2D eigenvalue weighted by atomic mass is 16.5. The van der Waals surface area contributed by atoms with Crippen LogP contribution in [0.3, 0.4) is 0 Å². The van der Waals surface area contributed by atoms with Crippen LogP contribution in [0.25, 0.3) is 0 Å². The minimum Gasteiger partial charge on any atom is -0.464 e. The number of aliphatic imine (C=N–C) groups is 1. The van der Waals surface area contributed by atoms with E-state index in [-0.39, 0.29) is 0 Å². The van der Waals surface area contributed by atoms with Gasteiger partial charge in [0.05, 0.1) is 12.8 Å². The van der Waals surface area contributed by atoms with Gasteiger partial charge in [-0.2, -0.15) is 5.10 Å². The topological polar surface area (TPSA) is 56.5 Å². The number of nitrogens with zero attached hydrogens (tertiary/aromatic N) is 3. The Hall–Kier alpha value is -1.91. The number of methoxy groups -OCH3 is 1. The van der Waals surface area contributed by atoms with Crippen molar-refractivity contribution in [3.05, 3.63) is 29.6 Å². The molecule has 1 atom stereocenters. The Labute approximate surface area is 99.8 Å². The number of carbonyl (C=O) groups is 1. The van der Waals surface area contributed by atoms with Crippen LogP contribution in [0.1, 0.15) is 30.0 Å². The molecule has 0 N–H and O–H groups in total. The normalized spacial score (nSPS) is 22.7. The summed E-state index contributed by atoms with van der Waals surface area (Å²) in [5.41, 5.74) is 1.65. The molecule has 0 radical (unpaired) electrons. The van der Waals surface area contributed by atoms with Gasteiger partial charge in [0.15, 0.2) is 0 Å². The highest BCUT2D eigenvalue weighted by molar-refractivity contribution is 5.95. The van der Waals surface area contributed by atoms with Crippen LogP contribution in [0, 0.1) is 0 Å². The second-order valence-corrected chi connectivity index (χ2v) is 4.26. The van der Waals surface area contributed by atoms with E-state index in [2.05, 4.69) is 10.1 Å². The molecule has 17 heavy (non-hydrogen) atoms. The van der Waals surface area contributed by atoms with Gasteiger partial charge in [-0.25, -0.2) is 4.79 Å². The Kier molecular flexibility index (Phi) is 2.61. The minimum atomic E-state index is -0.478. The average Bonchev–Trinajstić information content (AvgIpc) is 2.83. The molecular formula is C12H15N3O2. The number of aromatic nitrogens is 2. The summed E-state index contributed by atoms with van der Waals surface area (Å²) in [6, 6.07) is 1.72. The maximum absolute atomic E-state index is 11.5. The molecule has 90 valence electrons. The maximum Gasteiger partial charge on any atom is 0.356 e. The lowest BCUT2D eigenvalue weighted by atomic mass is 10.00. The highest BCUT2D eigenvalue weighted by Crippen LogP contribution is 2.30. The fourth-order valence-electron chi connectivity index (χ4n) is 1.88. The Bertz CT molecular complexity index is 528. The molecule has 1 unspecified atom stereocenters. The van der Waals surface area contributed by atoms with Crippen molar-refractivity contribution in [2.45, 2.75) is 19.4 Å². The minimum absolute atomic E-state index is 0.391. The number of aryl methyl sites for hydroxylation is 1. The first-order valence-electron chi connectivity index (χ1n) is 5.35. The molecule has 0 amide bonds. The monoisotopic (exact) mass is 233 g/mol. The largest absolute Gasteiger partial charge is 0.464 e. The number of hydrogen-bond donors (Lipinski definition) is 0. The first kappa shape index (κ1) is 11.6. The van der Waals surface area contributed by atoms with Crippen molar-refractivity contribution in [2.75, 3.05) is 7.11 Å². The van der Waals surface area contributed by atoms with E-state index in [0.29, 0.717) is 5.69 Å². The second-order valence-electron chi connectivity index (χ2n) is 4.26. The van der Waals surface area contributed by atoms with Crippen molar-refractivity contribution in [1.29, 1.82) is 0 Å². The van der Waals surface area contributed by atoms with Crippen LogP contribution in [-0.2, 0) is 17.3 Å². The molecule has 0 fully saturated rings. The summed E-state index contributed by atoms with van der Waals surface area (Å²) >= 11 is 0. The Balaban J connectivity index is 2.43. The van der Waals surface area contributed by atoms with Crippen molar-refractivity contribution in [3.8, 4) is 0 Å². The van der Waals surface area contributed by atoms with E-state index in [4.69, 9.17) is 4.74 Å². The van der Waals surface area contributed by atoms with Gasteiger partial charge >= 0.3 is 5.97 Å². The average molecular weight is 233 g/mol. The quantitative estimate of drug-likeness (QED) is 0.726. The van der Waals surface area contributed by atoms with E-state index < -0.39 is 11.5 Å². The van der Waals surface area contributed by atoms with Gasteiger partial charge in [0, 0.05) is 12.8 Å². The Morgan fingerprint density at radius 2 is 2.24 bits per heavy atom. The number of rotatable bonds is 2. The number of carbonyl (C=O) groups excluding carboxylic acids is 1. The van der Waals surface area contributed by atoms with E-state index >= 15 is 0 Å². The van der Waals surface area contributed by atoms with Crippen LogP contribution in [0.5, 0.6) is 0 Å². The van der Waals surface area contributed by atoms with Crippen molar-refractivity contribution < 1.29 is 9.53 Å². The zero-order valence-corrected chi connectivity index (χ0v) is 10.4. The molecule has 1 aliphatic rings. The SMILES string of the molecule is COC(=O)c1cc(C2(C)C=CC(C)=N2)nn1C. The van der Waals surface area contributed by atoms with Crippen LogP contribution < -0.4 is 0 Å². The zero-order valence-electron chi connectivity index (χ0n) is 10.4. The number of ether oxygens (including phenoxy) is 1. The molecule has 1 aromatic rings. The summed E-state index contributed by atoms with van der Waals surface area (Å²) in [7, 11) is 3.07. The van der Waals surface area contributed by atoms with E-state index in [1.54, 1.807) is 13.1 Å². The second kappa shape index (κ2) is 3.84. The van der Waals surface area contributed by atoms with Gasteiger partial charge in [0.1, 0.15) is 11.2 Å². The number of esters is 1. The van der Waals surface area contributed by atoms with Gasteiger partial charge in [0.2, 0.25) is 0 Å². The predicted molar refractivity (Wildman–Crippen MR) is 64.1 cm³/mol. The van der Waals surface area contributed by atoms with Gasteiger partial charge in [0.25, 0.3) is 0 Å². The van der Waals surface area contributed by atoms with Crippen molar-refractivity contribution >= 4 is 11.7 Å². The Morgan fingerprint density at radius 1 is 1.53 bits per heavy atom. The lowest BCUT2D eigenvalue weighted by molar-refractivity contribution is 0.0588. The molecule has 2 rings (SSSR count). The van der Waals surface area contributed by atoms with Crippen LogP contribution in [0.4, 0.5) is 0 Å². The van der Waals surface area contributed by atoms with Crippen molar-refractivity contribution in [2.24, 2.45) is 12.0 Å². The molecule has 0 aliphatic carbocycles. The first-order chi connectivity index (χ1) is 7.96. The third-order valence-electron chi connectivity index (χ3n) is 2.85. The fourth-order valence-corrected chi connectivity index (χ4v) is 1.88. The smallest absolute Gasteiger partial charge is 0.356 e. The van der Waals surface area contributed by atoms with E-state index in [1.165, 1.54) is 11.8 Å². The van der Waals surface area contributed by atoms with Gasteiger partial charge in [-0.15, -0.1) is 0 Å². The van der Waals surface area contributed by atoms with E-state index in [9.17, 15) is 4.79 Å². The summed E-state index contributed by atoms with van der Waals surface area (Å²) in [6.45, 7) is 3.90. The highest BCUT2D eigenvalue weighted by Gasteiger charge is 2.30. The lowest BCUT2D eigenvalue weighted by Crippen LogP contribution is -2.15. The predicted octanol–water partition coefficient (Wildman–Crippen LogP) is 1.45. The molecule has 1 aliphatic heterocycles. The molecule has 0 aromatic carbocycles. The molecule has 2 heterocycles. The standard InChI is InChI=1S/C12H15N3O2/c1-8-5-6-12(2,13-8)10-7-9(11(16)17-4)15(3)14-10/h5-7H,1-4H3. The third-order valence-corrected chi connectivity index (χ3v) is 2.85. The molecular weight excluding hydrogens is 218 g/mol. The molecule has 5 heteroatoms. The number of hydrogen-bond acceptors (Lipinski definition) is 4. The van der Waals surface area contributed by atoms with E-state index in [0.717, 1.165) is 11.4 Å². The van der Waals surface area contributed by atoms with Crippen LogP contribution in [0.2, 0.25) is 0 Å². The first-order valence-corrected chi connectivity index (χ1v) is 5.35. The summed E-state index contributed by atoms with van der Waals surface area (Å²) in [6.07, 6.45) is 3.93. The zero-order chi connectivity index (χ0) is 12.6. The molecule has 0 spiro atoms. The maximum atomic E-state index is 11.5. The van der Waals surface area contributed by atoms with Crippen molar-refractivity contribution in [3.63, 3.8) is 0 Å². The van der Waals surface area contributed by atoms with E-state index in [1.807, 2.05) is 26.0 Å². The molecule has 1 aromatic heterocycles. The summed E-state index contributed by atoms with van der Waals surface area (Å²) < 4.78 is 6.21. The summed E-state index contributed by atoms with van der Waals surface area (Å²) in [5.74, 6) is -0.391. The fraction of sp³-hybridized carbons (Fsp3) is 0.417. The Morgan fingerprint density at radius 3 is 2.76 bits per heavy atom. The molecule has 5 nitrogen and oxygen atoms in total. The van der Waals surface area contributed by atoms with Crippen LogP contribution in [-0.4, -0.2) is 28.6 Å². The molecule has 0 bridgehead atoms. The van der Waals surface area contributed by atoms with Crippen LogP contribution in [0.15, 0.2) is 23.2 Å². The lowest BCUT2D eigenvalue weighted by Gasteiger charge is -2.14. The summed E-state index contributed by atoms with van der Waals surface area (Å²) in [5, 5.41) is 4.33. The van der Waals surface area contributed by atoms with Gasteiger partial charge in [-0.3, -0.25) is 9.67 Å². The van der Waals surface area contributed by atoms with Gasteiger partial charge < -0.3 is 4.74 Å². The van der Waals surface area contributed by atoms with Gasteiger partial charge in [-0.05, 0) is 32.1 Å². The van der Waals surface area contributed by atoms with Gasteiger partial charge in [-0.1, -0.05) is 0 Å². The molecule has 0 saturated carbocycles. The molecule has 0 saturated heterocycles. The third kappa shape index (κ3) is 1.88. The number of allylic oxidation sites excluding steroid dienone is 1.